The van der Waals surface area contributed by atoms with E-state index in [1.54, 1.807) is 19.2 Å². The zero-order chi connectivity index (χ0) is 22.4. The molecule has 1 unspecified atom stereocenters. The van der Waals surface area contributed by atoms with Crippen LogP contribution in [0, 0.1) is 5.92 Å². The number of nitrogens with zero attached hydrogens (tertiary/aromatic N) is 2. The van der Waals surface area contributed by atoms with Gasteiger partial charge in [-0.3, -0.25) is 4.90 Å². The van der Waals surface area contributed by atoms with Crippen LogP contribution in [0.3, 0.4) is 0 Å². The van der Waals surface area contributed by atoms with Gasteiger partial charge in [0.25, 0.3) is 0 Å². The van der Waals surface area contributed by atoms with Gasteiger partial charge in [-0.2, -0.15) is 0 Å². The molecule has 0 radical (unpaired) electrons. The fourth-order valence-corrected chi connectivity index (χ4v) is 3.56. The summed E-state index contributed by atoms with van der Waals surface area (Å²) in [6.07, 6.45) is 0.142. The summed E-state index contributed by atoms with van der Waals surface area (Å²) >= 11 is 0. The highest BCUT2D eigenvalue weighted by Gasteiger charge is 2.21. The number of carbonyl (C=O) groups excluding carboxylic acids is 1. The van der Waals surface area contributed by atoms with Gasteiger partial charge in [0, 0.05) is 44.7 Å². The van der Waals surface area contributed by atoms with Crippen LogP contribution < -0.4 is 16.0 Å². The summed E-state index contributed by atoms with van der Waals surface area (Å²) in [5.74, 6) is -0.0586. The molecule has 1 atom stereocenters. The van der Waals surface area contributed by atoms with Gasteiger partial charge >= 0.3 is 5.97 Å². The van der Waals surface area contributed by atoms with E-state index in [0.717, 1.165) is 37.6 Å². The lowest BCUT2D eigenvalue weighted by Crippen LogP contribution is -2.50. The van der Waals surface area contributed by atoms with Crippen LogP contribution in [-0.2, 0) is 9.47 Å². The molecule has 31 heavy (non-hydrogen) atoms. The van der Waals surface area contributed by atoms with Crippen LogP contribution in [-0.4, -0.2) is 57.0 Å². The number of benzene rings is 2. The summed E-state index contributed by atoms with van der Waals surface area (Å²) in [4.78, 5) is 16.9. The lowest BCUT2D eigenvalue weighted by molar-refractivity contribution is -0.0212. The predicted molar refractivity (Wildman–Crippen MR) is 126 cm³/mol. The van der Waals surface area contributed by atoms with Crippen molar-refractivity contribution in [3.8, 4) is 0 Å². The minimum Gasteiger partial charge on any atom is -0.462 e. The Labute approximate surface area is 185 Å². The molecule has 1 heterocycles. The molecule has 0 bridgehead atoms. The van der Waals surface area contributed by atoms with E-state index in [4.69, 9.17) is 15.2 Å². The Kier molecular flexibility index (Phi) is 7.76. The molecule has 0 spiro atoms. The van der Waals surface area contributed by atoms with E-state index in [0.29, 0.717) is 23.8 Å². The summed E-state index contributed by atoms with van der Waals surface area (Å²) in [5, 5.41) is 3.37. The lowest BCUT2D eigenvalue weighted by atomic mass is 10.1. The van der Waals surface area contributed by atoms with Gasteiger partial charge in [0.15, 0.2) is 0 Å². The number of piperazine rings is 1. The second-order valence-corrected chi connectivity index (χ2v) is 8.33. The average Bonchev–Trinajstić information content (AvgIpc) is 2.78. The van der Waals surface area contributed by atoms with E-state index in [2.05, 4.69) is 34.2 Å². The van der Waals surface area contributed by atoms with Crippen molar-refractivity contribution in [2.45, 2.75) is 27.0 Å². The van der Waals surface area contributed by atoms with E-state index in [1.165, 1.54) is 5.69 Å². The zero-order valence-corrected chi connectivity index (χ0v) is 18.9. The van der Waals surface area contributed by atoms with Crippen molar-refractivity contribution in [1.82, 2.24) is 4.90 Å². The van der Waals surface area contributed by atoms with Gasteiger partial charge in [-0.15, -0.1) is 0 Å². The number of esters is 1. The predicted octanol–water partition coefficient (Wildman–Crippen LogP) is 3.94. The molecule has 1 aliphatic rings. The summed E-state index contributed by atoms with van der Waals surface area (Å²) in [7, 11) is 1.75. The number of nitrogens with one attached hydrogen (secondary N) is 1. The van der Waals surface area contributed by atoms with Crippen molar-refractivity contribution in [3.05, 3.63) is 48.0 Å². The molecule has 1 fully saturated rings. The smallest absolute Gasteiger partial charge is 0.338 e. The van der Waals surface area contributed by atoms with Crippen LogP contribution in [0.1, 0.15) is 31.1 Å². The number of nitrogens with two attached hydrogens (primary N) is 1. The van der Waals surface area contributed by atoms with E-state index < -0.39 is 0 Å². The van der Waals surface area contributed by atoms with Crippen LogP contribution in [0.4, 0.5) is 22.7 Å². The molecule has 1 saturated heterocycles. The Morgan fingerprint density at radius 1 is 1.10 bits per heavy atom. The Bertz CT molecular complexity index is 879. The molecule has 3 N–H and O–H groups in total. The summed E-state index contributed by atoms with van der Waals surface area (Å²) < 4.78 is 10.7. The first-order chi connectivity index (χ1) is 14.9. The third kappa shape index (κ3) is 6.12. The number of carbonyl (C=O) groups is 1. The number of hydrogen-bond donors (Lipinski definition) is 2. The fourth-order valence-electron chi connectivity index (χ4n) is 3.56. The van der Waals surface area contributed by atoms with Crippen LogP contribution >= 0.6 is 0 Å². The molecular formula is C24H34N4O3. The van der Waals surface area contributed by atoms with Gasteiger partial charge in [-0.1, -0.05) is 19.9 Å². The molecule has 2 aromatic rings. The van der Waals surface area contributed by atoms with E-state index >= 15 is 0 Å². The second-order valence-electron chi connectivity index (χ2n) is 8.33. The van der Waals surface area contributed by atoms with E-state index in [1.807, 2.05) is 32.0 Å². The Hall–Kier alpha value is -2.77. The number of nitrogen functional groups attached to an aromatic ring is 1. The minimum atomic E-state index is -0.351. The standard InChI is InChI=1S/C24H34N4O3/c1-17(2)16-31-24(29)19-8-9-23(22(25)14-19)26-20-6-5-7-21(15-20)28-12-10-27(11-13-28)18(3)30-4/h5-9,14-15,17-18,26H,10-13,16,25H2,1-4H3. The zero-order valence-electron chi connectivity index (χ0n) is 18.9. The molecule has 168 valence electrons. The van der Waals surface area contributed by atoms with Crippen LogP contribution in [0.5, 0.6) is 0 Å². The highest BCUT2D eigenvalue weighted by atomic mass is 16.5. The van der Waals surface area contributed by atoms with Crippen molar-refractivity contribution < 1.29 is 14.3 Å². The third-order valence-electron chi connectivity index (χ3n) is 5.49. The van der Waals surface area contributed by atoms with Crippen molar-refractivity contribution in [1.29, 1.82) is 0 Å². The molecule has 0 aromatic heterocycles. The maximum Gasteiger partial charge on any atom is 0.338 e. The van der Waals surface area contributed by atoms with Gasteiger partial charge in [-0.05, 0) is 49.2 Å². The third-order valence-corrected chi connectivity index (χ3v) is 5.49. The topological polar surface area (TPSA) is 80.1 Å². The first kappa shape index (κ1) is 22.9. The lowest BCUT2D eigenvalue weighted by Gasteiger charge is -2.38. The molecule has 0 saturated carbocycles. The first-order valence-electron chi connectivity index (χ1n) is 10.8. The molecule has 7 nitrogen and oxygen atoms in total. The van der Waals surface area contributed by atoms with Crippen molar-refractivity contribution in [2.75, 3.05) is 55.8 Å². The number of anilines is 4. The molecule has 0 aliphatic carbocycles. The number of ether oxygens (including phenoxy) is 2. The Morgan fingerprint density at radius 2 is 1.84 bits per heavy atom. The van der Waals surface area contributed by atoms with Gasteiger partial charge in [0.05, 0.1) is 23.5 Å². The normalized spacial score (nSPS) is 15.7. The minimum absolute atomic E-state index is 0.142. The van der Waals surface area contributed by atoms with Gasteiger partial charge in [-0.25, -0.2) is 4.79 Å². The first-order valence-corrected chi connectivity index (χ1v) is 10.8. The van der Waals surface area contributed by atoms with Crippen LogP contribution in [0.15, 0.2) is 42.5 Å². The van der Waals surface area contributed by atoms with Gasteiger partial charge in [0.1, 0.15) is 6.23 Å². The number of hydrogen-bond acceptors (Lipinski definition) is 7. The SMILES string of the molecule is COC(C)N1CCN(c2cccc(Nc3ccc(C(=O)OCC(C)C)cc3N)c2)CC1. The van der Waals surface area contributed by atoms with E-state index in [9.17, 15) is 4.79 Å². The quantitative estimate of drug-likeness (QED) is 0.489. The van der Waals surface area contributed by atoms with Crippen LogP contribution in [0.25, 0.3) is 0 Å². The largest absolute Gasteiger partial charge is 0.462 e. The van der Waals surface area contributed by atoms with Crippen LogP contribution in [0.2, 0.25) is 0 Å². The summed E-state index contributed by atoms with van der Waals surface area (Å²) in [5.41, 5.74) is 10.0. The summed E-state index contributed by atoms with van der Waals surface area (Å²) in [6, 6.07) is 13.5. The highest BCUT2D eigenvalue weighted by Crippen LogP contribution is 2.28. The summed E-state index contributed by atoms with van der Waals surface area (Å²) in [6.45, 7) is 10.3. The van der Waals surface area contributed by atoms with Crippen molar-refractivity contribution >= 4 is 28.7 Å². The molecule has 1 aliphatic heterocycles. The second kappa shape index (κ2) is 10.5. The van der Waals surface area contributed by atoms with Gasteiger partial charge in [0.2, 0.25) is 0 Å². The highest BCUT2D eigenvalue weighted by molar-refractivity contribution is 5.92. The molecule has 0 amide bonds. The Balaban J connectivity index is 1.64. The number of rotatable bonds is 8. The molecule has 2 aromatic carbocycles. The maximum absolute atomic E-state index is 12.2. The molecular weight excluding hydrogens is 392 g/mol. The monoisotopic (exact) mass is 426 g/mol. The van der Waals surface area contributed by atoms with Crippen molar-refractivity contribution in [3.63, 3.8) is 0 Å². The fraction of sp³-hybridized carbons (Fsp3) is 0.458. The Morgan fingerprint density at radius 3 is 2.48 bits per heavy atom. The van der Waals surface area contributed by atoms with E-state index in [-0.39, 0.29) is 12.2 Å². The molecule has 7 heteroatoms. The number of methoxy groups -OCH3 is 1. The van der Waals surface area contributed by atoms with Gasteiger partial charge < -0.3 is 25.4 Å². The molecule has 3 rings (SSSR count). The maximum atomic E-state index is 12.2. The van der Waals surface area contributed by atoms with Crippen molar-refractivity contribution in [2.24, 2.45) is 5.92 Å². The average molecular weight is 427 g/mol.